The summed E-state index contributed by atoms with van der Waals surface area (Å²) < 4.78 is 5.75. The Labute approximate surface area is 143 Å². The van der Waals surface area contributed by atoms with Crippen molar-refractivity contribution in [3.63, 3.8) is 0 Å². The molecule has 1 atom stereocenters. The zero-order valence-electron chi connectivity index (χ0n) is 15.1. The molecule has 1 aromatic carbocycles. The van der Waals surface area contributed by atoms with Crippen LogP contribution in [-0.2, 0) is 22.7 Å². The van der Waals surface area contributed by atoms with Crippen molar-refractivity contribution in [3.8, 4) is 0 Å². The van der Waals surface area contributed by atoms with Crippen molar-refractivity contribution in [1.82, 2.24) is 10.2 Å². The van der Waals surface area contributed by atoms with Gasteiger partial charge in [-0.15, -0.1) is 0 Å². The van der Waals surface area contributed by atoms with Crippen LogP contribution < -0.4 is 5.32 Å². The van der Waals surface area contributed by atoms with E-state index in [0.717, 1.165) is 11.1 Å². The zero-order valence-corrected chi connectivity index (χ0v) is 15.1. The first-order valence-electron chi connectivity index (χ1n) is 8.02. The third-order valence-electron chi connectivity index (χ3n) is 3.42. The maximum absolute atomic E-state index is 12.0. The first-order valence-corrected chi connectivity index (χ1v) is 8.02. The number of urea groups is 1. The Hall–Kier alpha value is -2.08. The van der Waals surface area contributed by atoms with Gasteiger partial charge in [0.15, 0.2) is 0 Å². The Morgan fingerprint density at radius 2 is 1.92 bits per heavy atom. The lowest BCUT2D eigenvalue weighted by atomic mass is 10.1. The quantitative estimate of drug-likeness (QED) is 0.802. The number of carboxylic acids is 1. The molecule has 1 aromatic rings. The highest BCUT2D eigenvalue weighted by Gasteiger charge is 2.17. The van der Waals surface area contributed by atoms with Gasteiger partial charge in [0.2, 0.25) is 0 Å². The van der Waals surface area contributed by atoms with Crippen molar-refractivity contribution in [2.45, 2.75) is 46.4 Å². The smallest absolute Gasteiger partial charge is 0.317 e. The van der Waals surface area contributed by atoms with E-state index in [2.05, 4.69) is 5.32 Å². The third kappa shape index (κ3) is 7.46. The van der Waals surface area contributed by atoms with Gasteiger partial charge in [0.05, 0.1) is 18.1 Å². The van der Waals surface area contributed by atoms with Crippen LogP contribution in [0.4, 0.5) is 4.79 Å². The van der Waals surface area contributed by atoms with Crippen LogP contribution in [0, 0.1) is 5.92 Å². The van der Waals surface area contributed by atoms with Gasteiger partial charge < -0.3 is 20.1 Å². The van der Waals surface area contributed by atoms with Crippen molar-refractivity contribution in [3.05, 3.63) is 35.4 Å². The zero-order chi connectivity index (χ0) is 18.3. The Morgan fingerprint density at radius 3 is 2.50 bits per heavy atom. The summed E-state index contributed by atoms with van der Waals surface area (Å²) in [5.41, 5.74) is 1.82. The van der Waals surface area contributed by atoms with Gasteiger partial charge >= 0.3 is 12.0 Å². The molecule has 0 fully saturated rings. The predicted octanol–water partition coefficient (Wildman–Crippen LogP) is 2.86. The van der Waals surface area contributed by atoms with Crippen molar-refractivity contribution in [2.75, 3.05) is 13.6 Å². The molecule has 0 heterocycles. The standard InChI is InChI=1S/C18H28N2O4/c1-13(16(21)22)11-20(5)17(23)19-10-14-7-6-8-15(9-14)12-24-18(2,3)4/h6-9,13H,10-12H2,1-5H3,(H,19,23)(H,21,22). The van der Waals surface area contributed by atoms with E-state index < -0.39 is 11.9 Å². The van der Waals surface area contributed by atoms with Crippen LogP contribution in [0.15, 0.2) is 24.3 Å². The average molecular weight is 336 g/mol. The molecule has 134 valence electrons. The highest BCUT2D eigenvalue weighted by molar-refractivity contribution is 5.75. The SMILES string of the molecule is CC(CN(C)C(=O)NCc1cccc(COC(C)(C)C)c1)C(=O)O. The summed E-state index contributed by atoms with van der Waals surface area (Å²) in [4.78, 5) is 24.2. The molecule has 2 N–H and O–H groups in total. The molecule has 0 saturated heterocycles. The van der Waals surface area contributed by atoms with Crippen LogP contribution in [-0.4, -0.2) is 41.2 Å². The number of hydrogen-bond donors (Lipinski definition) is 2. The van der Waals surface area contributed by atoms with Crippen LogP contribution in [0.25, 0.3) is 0 Å². The monoisotopic (exact) mass is 336 g/mol. The summed E-state index contributed by atoms with van der Waals surface area (Å²) in [6.07, 6.45) is 0. The van der Waals surface area contributed by atoms with Crippen molar-refractivity contribution >= 4 is 12.0 Å². The topological polar surface area (TPSA) is 78.9 Å². The first-order chi connectivity index (χ1) is 11.1. The molecule has 1 unspecified atom stereocenters. The highest BCUT2D eigenvalue weighted by atomic mass is 16.5. The number of rotatable bonds is 7. The second-order valence-electron chi connectivity index (χ2n) is 7.00. The third-order valence-corrected chi connectivity index (χ3v) is 3.42. The lowest BCUT2D eigenvalue weighted by molar-refractivity contribution is -0.141. The fourth-order valence-electron chi connectivity index (χ4n) is 2.01. The molecule has 0 spiro atoms. The summed E-state index contributed by atoms with van der Waals surface area (Å²) in [7, 11) is 1.59. The molecule has 2 amide bonds. The number of nitrogens with zero attached hydrogens (tertiary/aromatic N) is 1. The van der Waals surface area contributed by atoms with E-state index in [1.807, 2.05) is 45.0 Å². The van der Waals surface area contributed by atoms with E-state index in [1.165, 1.54) is 4.90 Å². The molecular formula is C18H28N2O4. The molecule has 1 rings (SSSR count). The van der Waals surface area contributed by atoms with Crippen LogP contribution in [0.2, 0.25) is 0 Å². The number of carboxylic acid groups (broad SMARTS) is 1. The number of carbonyl (C=O) groups excluding carboxylic acids is 1. The lowest BCUT2D eigenvalue weighted by Gasteiger charge is -2.21. The maximum Gasteiger partial charge on any atom is 0.317 e. The number of hydrogen-bond acceptors (Lipinski definition) is 3. The highest BCUT2D eigenvalue weighted by Crippen LogP contribution is 2.13. The van der Waals surface area contributed by atoms with Crippen molar-refractivity contribution in [2.24, 2.45) is 5.92 Å². The molecule has 24 heavy (non-hydrogen) atoms. The van der Waals surface area contributed by atoms with E-state index in [4.69, 9.17) is 9.84 Å². The van der Waals surface area contributed by atoms with Gasteiger partial charge in [-0.25, -0.2) is 4.79 Å². The average Bonchev–Trinajstić information content (AvgIpc) is 2.50. The largest absolute Gasteiger partial charge is 0.481 e. The summed E-state index contributed by atoms with van der Waals surface area (Å²) in [6.45, 7) is 8.65. The minimum atomic E-state index is -0.916. The van der Waals surface area contributed by atoms with Gasteiger partial charge in [0.1, 0.15) is 0 Å². The van der Waals surface area contributed by atoms with Gasteiger partial charge in [0, 0.05) is 20.1 Å². The molecule has 0 aromatic heterocycles. The maximum atomic E-state index is 12.0. The number of benzene rings is 1. The Morgan fingerprint density at radius 1 is 1.29 bits per heavy atom. The second-order valence-corrected chi connectivity index (χ2v) is 7.00. The summed E-state index contributed by atoms with van der Waals surface area (Å²) in [6, 6.07) is 7.54. The summed E-state index contributed by atoms with van der Waals surface area (Å²) >= 11 is 0. The number of aliphatic carboxylic acids is 1. The van der Waals surface area contributed by atoms with Crippen LogP contribution in [0.5, 0.6) is 0 Å². The first kappa shape index (κ1) is 20.0. The molecule has 0 bridgehead atoms. The minimum Gasteiger partial charge on any atom is -0.481 e. The van der Waals surface area contributed by atoms with E-state index in [9.17, 15) is 9.59 Å². The van der Waals surface area contributed by atoms with E-state index in [1.54, 1.807) is 14.0 Å². The van der Waals surface area contributed by atoms with Gasteiger partial charge in [-0.05, 0) is 31.9 Å². The molecule has 0 aliphatic rings. The second kappa shape index (κ2) is 8.68. The summed E-state index contributed by atoms with van der Waals surface area (Å²) in [5.74, 6) is -1.51. The Kier molecular flexibility index (Phi) is 7.22. The fraction of sp³-hybridized carbons (Fsp3) is 0.556. The van der Waals surface area contributed by atoms with Gasteiger partial charge in [-0.1, -0.05) is 31.2 Å². The Bertz CT molecular complexity index is 566. The molecular weight excluding hydrogens is 308 g/mol. The minimum absolute atomic E-state index is 0.167. The van der Waals surface area contributed by atoms with Crippen molar-refractivity contribution in [1.29, 1.82) is 0 Å². The van der Waals surface area contributed by atoms with Crippen LogP contribution in [0.3, 0.4) is 0 Å². The van der Waals surface area contributed by atoms with Gasteiger partial charge in [-0.2, -0.15) is 0 Å². The predicted molar refractivity (Wildman–Crippen MR) is 92.6 cm³/mol. The number of nitrogens with one attached hydrogen (secondary N) is 1. The van der Waals surface area contributed by atoms with Gasteiger partial charge in [-0.3, -0.25) is 4.79 Å². The molecule has 0 saturated carbocycles. The fourth-order valence-corrected chi connectivity index (χ4v) is 2.01. The number of ether oxygens (including phenoxy) is 1. The molecule has 6 heteroatoms. The number of carbonyl (C=O) groups is 2. The number of amides is 2. The molecule has 0 aliphatic carbocycles. The lowest BCUT2D eigenvalue weighted by Crippen LogP contribution is -2.40. The van der Waals surface area contributed by atoms with Gasteiger partial charge in [0.25, 0.3) is 0 Å². The molecule has 0 radical (unpaired) electrons. The van der Waals surface area contributed by atoms with E-state index >= 15 is 0 Å². The normalized spacial score (nSPS) is 12.5. The molecule has 0 aliphatic heterocycles. The Balaban J connectivity index is 2.52. The van der Waals surface area contributed by atoms with E-state index in [0.29, 0.717) is 13.2 Å². The van der Waals surface area contributed by atoms with Crippen LogP contribution >= 0.6 is 0 Å². The summed E-state index contributed by atoms with van der Waals surface area (Å²) in [5, 5.41) is 11.7. The molecule has 6 nitrogen and oxygen atoms in total. The van der Waals surface area contributed by atoms with Crippen LogP contribution in [0.1, 0.15) is 38.8 Å². The van der Waals surface area contributed by atoms with E-state index in [-0.39, 0.29) is 18.2 Å². The van der Waals surface area contributed by atoms with Crippen molar-refractivity contribution < 1.29 is 19.4 Å².